The summed E-state index contributed by atoms with van der Waals surface area (Å²) in [5, 5.41) is 15.0. The van der Waals surface area contributed by atoms with Crippen LogP contribution in [0.1, 0.15) is 17.4 Å². The average Bonchev–Trinajstić information content (AvgIpc) is 3.64. The van der Waals surface area contributed by atoms with Crippen LogP contribution in [-0.2, 0) is 19.7 Å². The number of fused-ring (bicyclic) bond motifs is 3. The molecule has 0 saturated heterocycles. The van der Waals surface area contributed by atoms with Crippen molar-refractivity contribution in [2.75, 3.05) is 12.0 Å². The SMILES string of the molecule is Cc1cnc(Nc2ccnn2C)cc1-c1cc2n(c1)C[C@H](CF)n1c-2nnc1C(F)(F)Oc1ccccc1F. The minimum atomic E-state index is -4.06. The Bertz CT molecular complexity index is 1670. The highest BCUT2D eigenvalue weighted by molar-refractivity contribution is 5.75. The van der Waals surface area contributed by atoms with Gasteiger partial charge in [-0.2, -0.15) is 13.9 Å². The minimum absolute atomic E-state index is 0.0573. The maximum atomic E-state index is 15.2. The standard InChI is InChI=1S/C26H22F4N8O/c1-15-12-31-22(33-23-7-8-32-36(23)2)10-18(15)16-9-20-24-34-35-25(38(24)17(11-27)14-37(20)13-16)26(29,30)39-21-6-4-3-5-19(21)28/h3-10,12-13,17H,11,14H2,1-2H3,(H,31,33)/t17-/m0/s1. The van der Waals surface area contributed by atoms with Crippen molar-refractivity contribution in [3.8, 4) is 28.4 Å². The number of hydrogen-bond acceptors (Lipinski definition) is 6. The summed E-state index contributed by atoms with van der Waals surface area (Å²) in [7, 11) is 1.80. The molecule has 6 rings (SSSR count). The first-order chi connectivity index (χ1) is 18.7. The fourth-order valence-corrected chi connectivity index (χ4v) is 4.68. The zero-order chi connectivity index (χ0) is 27.3. The van der Waals surface area contributed by atoms with Gasteiger partial charge in [-0.25, -0.2) is 13.8 Å². The molecule has 39 heavy (non-hydrogen) atoms. The fourth-order valence-electron chi connectivity index (χ4n) is 4.68. The third kappa shape index (κ3) is 4.29. The molecular formula is C26H22F4N8O. The number of para-hydroxylation sites is 1. The maximum Gasteiger partial charge on any atom is 0.462 e. The third-order valence-electron chi connectivity index (χ3n) is 6.60. The van der Waals surface area contributed by atoms with Gasteiger partial charge in [0.15, 0.2) is 17.4 Å². The molecule has 0 aliphatic carbocycles. The summed E-state index contributed by atoms with van der Waals surface area (Å²) in [6.07, 6.45) is 1.14. The average molecular weight is 539 g/mol. The van der Waals surface area contributed by atoms with Crippen LogP contribution in [0.5, 0.6) is 5.75 Å². The van der Waals surface area contributed by atoms with E-state index < -0.39 is 36.2 Å². The van der Waals surface area contributed by atoms with Gasteiger partial charge in [-0.05, 0) is 42.3 Å². The molecule has 4 aromatic heterocycles. The monoisotopic (exact) mass is 538 g/mol. The summed E-state index contributed by atoms with van der Waals surface area (Å²) in [5.41, 5.74) is 2.96. The third-order valence-corrected chi connectivity index (χ3v) is 6.60. The number of aromatic nitrogens is 7. The molecule has 0 amide bonds. The first-order valence-electron chi connectivity index (χ1n) is 12.0. The predicted octanol–water partition coefficient (Wildman–Crippen LogP) is 5.39. The zero-order valence-corrected chi connectivity index (χ0v) is 20.8. The van der Waals surface area contributed by atoms with Gasteiger partial charge in [-0.1, -0.05) is 12.1 Å². The molecule has 200 valence electrons. The van der Waals surface area contributed by atoms with Crippen LogP contribution in [0.2, 0.25) is 0 Å². The van der Waals surface area contributed by atoms with E-state index in [-0.39, 0.29) is 12.4 Å². The Labute approximate surface area is 219 Å². The Hall–Kier alpha value is -4.68. The number of hydrogen-bond donors (Lipinski definition) is 1. The maximum absolute atomic E-state index is 15.2. The van der Waals surface area contributed by atoms with Crippen molar-refractivity contribution < 1.29 is 22.3 Å². The zero-order valence-electron chi connectivity index (χ0n) is 20.8. The molecule has 5 heterocycles. The lowest BCUT2D eigenvalue weighted by atomic mass is 10.1. The molecule has 1 N–H and O–H groups in total. The van der Waals surface area contributed by atoms with Crippen molar-refractivity contribution in [3.63, 3.8) is 0 Å². The van der Waals surface area contributed by atoms with Gasteiger partial charge < -0.3 is 14.6 Å². The van der Waals surface area contributed by atoms with Crippen LogP contribution in [0.4, 0.5) is 29.2 Å². The number of nitrogens with zero attached hydrogens (tertiary/aromatic N) is 7. The van der Waals surface area contributed by atoms with E-state index in [1.807, 2.05) is 25.3 Å². The van der Waals surface area contributed by atoms with E-state index in [1.54, 1.807) is 34.8 Å². The summed E-state index contributed by atoms with van der Waals surface area (Å²) in [5.74, 6) is -1.12. The molecule has 5 aromatic rings. The number of alkyl halides is 3. The van der Waals surface area contributed by atoms with Crippen molar-refractivity contribution in [3.05, 3.63) is 78.3 Å². The number of aryl methyl sites for hydroxylation is 2. The molecule has 13 heteroatoms. The van der Waals surface area contributed by atoms with Crippen molar-refractivity contribution in [2.24, 2.45) is 7.05 Å². The van der Waals surface area contributed by atoms with Gasteiger partial charge in [0.2, 0.25) is 5.82 Å². The fraction of sp³-hybridized carbons (Fsp3) is 0.231. The summed E-state index contributed by atoms with van der Waals surface area (Å²) in [4.78, 5) is 4.44. The molecule has 1 atom stereocenters. The number of rotatable bonds is 7. The lowest BCUT2D eigenvalue weighted by Crippen LogP contribution is -2.32. The Morgan fingerprint density at radius 3 is 2.72 bits per heavy atom. The van der Waals surface area contributed by atoms with E-state index in [1.165, 1.54) is 12.1 Å². The minimum Gasteiger partial charge on any atom is -0.423 e. The summed E-state index contributed by atoms with van der Waals surface area (Å²) >= 11 is 0. The first kappa shape index (κ1) is 24.6. The highest BCUT2D eigenvalue weighted by atomic mass is 19.3. The van der Waals surface area contributed by atoms with E-state index in [0.717, 1.165) is 39.2 Å². The molecule has 0 radical (unpaired) electrons. The smallest absolute Gasteiger partial charge is 0.423 e. The summed E-state index contributed by atoms with van der Waals surface area (Å²) < 4.78 is 67.8. The van der Waals surface area contributed by atoms with Crippen molar-refractivity contribution in [1.29, 1.82) is 0 Å². The Morgan fingerprint density at radius 2 is 1.97 bits per heavy atom. The van der Waals surface area contributed by atoms with Crippen LogP contribution in [0, 0.1) is 12.7 Å². The largest absolute Gasteiger partial charge is 0.462 e. The van der Waals surface area contributed by atoms with Gasteiger partial charge >= 0.3 is 6.11 Å². The summed E-state index contributed by atoms with van der Waals surface area (Å²) in [6, 6.07) is 9.24. The van der Waals surface area contributed by atoms with Gasteiger partial charge in [0.1, 0.15) is 18.3 Å². The second-order valence-electron chi connectivity index (χ2n) is 9.19. The number of anilines is 2. The number of pyridine rings is 1. The summed E-state index contributed by atoms with van der Waals surface area (Å²) in [6.45, 7) is 1.01. The highest BCUT2D eigenvalue weighted by Gasteiger charge is 2.45. The molecular weight excluding hydrogens is 516 g/mol. The molecule has 0 unspecified atom stereocenters. The first-order valence-corrected chi connectivity index (χ1v) is 12.0. The van der Waals surface area contributed by atoms with Gasteiger partial charge in [0.05, 0.1) is 17.9 Å². The Balaban J connectivity index is 1.38. The number of nitrogens with one attached hydrogen (secondary N) is 1. The molecule has 1 aliphatic rings. The van der Waals surface area contributed by atoms with E-state index >= 15 is 8.78 Å². The molecule has 0 fully saturated rings. The van der Waals surface area contributed by atoms with Gasteiger partial charge in [0, 0.05) is 37.6 Å². The second kappa shape index (κ2) is 9.26. The number of benzene rings is 1. The molecule has 9 nitrogen and oxygen atoms in total. The van der Waals surface area contributed by atoms with Crippen LogP contribution in [0.3, 0.4) is 0 Å². The molecule has 0 saturated carbocycles. The van der Waals surface area contributed by atoms with E-state index in [2.05, 4.69) is 25.6 Å². The van der Waals surface area contributed by atoms with Crippen LogP contribution in [-0.4, -0.2) is 40.8 Å². The molecule has 1 aliphatic heterocycles. The van der Waals surface area contributed by atoms with Gasteiger partial charge in [0.25, 0.3) is 0 Å². The lowest BCUT2D eigenvalue weighted by molar-refractivity contribution is -0.196. The number of ether oxygens (including phenoxy) is 1. The van der Waals surface area contributed by atoms with E-state index in [0.29, 0.717) is 11.5 Å². The van der Waals surface area contributed by atoms with Crippen LogP contribution in [0.25, 0.3) is 22.6 Å². The van der Waals surface area contributed by atoms with Crippen molar-refractivity contribution in [1.82, 2.24) is 34.1 Å². The van der Waals surface area contributed by atoms with Crippen LogP contribution >= 0.6 is 0 Å². The topological polar surface area (TPSA) is 87.6 Å². The Kier molecular flexibility index (Phi) is 5.85. The van der Waals surface area contributed by atoms with Crippen molar-refractivity contribution >= 4 is 11.6 Å². The van der Waals surface area contributed by atoms with Crippen molar-refractivity contribution in [2.45, 2.75) is 25.6 Å². The second-order valence-corrected chi connectivity index (χ2v) is 9.19. The van der Waals surface area contributed by atoms with Gasteiger partial charge in [-0.15, -0.1) is 10.2 Å². The highest BCUT2D eigenvalue weighted by Crippen LogP contribution is 2.40. The quantitative estimate of drug-likeness (QED) is 0.280. The lowest BCUT2D eigenvalue weighted by Gasteiger charge is -2.27. The van der Waals surface area contributed by atoms with E-state index in [4.69, 9.17) is 4.74 Å². The molecule has 1 aromatic carbocycles. The van der Waals surface area contributed by atoms with E-state index in [9.17, 15) is 8.78 Å². The predicted molar refractivity (Wildman–Crippen MR) is 134 cm³/mol. The Morgan fingerprint density at radius 1 is 1.15 bits per heavy atom. The molecule has 0 bridgehead atoms. The molecule has 0 spiro atoms. The van der Waals surface area contributed by atoms with Gasteiger partial charge in [-0.3, -0.25) is 9.25 Å². The number of halogens is 4. The van der Waals surface area contributed by atoms with Crippen LogP contribution in [0.15, 0.2) is 61.1 Å². The van der Waals surface area contributed by atoms with Crippen LogP contribution < -0.4 is 10.1 Å². The normalized spacial score (nSPS) is 14.7.